The molecule has 0 aliphatic heterocycles. The number of hydrogen-bond acceptors (Lipinski definition) is 2. The number of benzene rings is 1. The van der Waals surface area contributed by atoms with Crippen molar-refractivity contribution in [2.45, 2.75) is 126 Å². The first kappa shape index (κ1) is 30.3. The minimum absolute atomic E-state index is 0.0439. The lowest BCUT2D eigenvalue weighted by Gasteiger charge is -2.72. The lowest BCUT2D eigenvalue weighted by molar-refractivity contribution is -0.199. The van der Waals surface area contributed by atoms with E-state index in [0.29, 0.717) is 34.5 Å². The van der Waals surface area contributed by atoms with Crippen molar-refractivity contribution in [2.24, 2.45) is 62.1 Å². The van der Waals surface area contributed by atoms with Gasteiger partial charge in [0.25, 0.3) is 0 Å². The lowest BCUT2D eigenvalue weighted by Crippen LogP contribution is -2.64. The number of phenols is 1. The third kappa shape index (κ3) is 4.28. The summed E-state index contributed by atoms with van der Waals surface area (Å²) in [6.45, 7) is 20.4. The Hall–Kier alpha value is -1.77. The SMILES string of the molecule is CC1(C)CC[C@]2(C)CC[C@]3(C)C(=CC[C@@H]4[C@@]5(C)CC[C@@H](C(Cc6ccc(O)cc6)C(=O)O)C(C)(C)[C@@H]5CC[C@]43C)[C@@H]2C1. The predicted octanol–water partition coefficient (Wildman–Crippen LogP) is 10.1. The van der Waals surface area contributed by atoms with E-state index >= 15 is 0 Å². The minimum Gasteiger partial charge on any atom is -0.508 e. The van der Waals surface area contributed by atoms with Crippen LogP contribution >= 0.6 is 0 Å². The number of carboxylic acid groups (broad SMARTS) is 1. The first-order valence-corrected chi connectivity index (χ1v) is 17.2. The molecule has 0 amide bonds. The zero-order valence-electron chi connectivity index (χ0n) is 27.9. The first-order valence-electron chi connectivity index (χ1n) is 17.2. The normalized spacial score (nSPS) is 44.4. The number of fused-ring (bicyclic) bond motifs is 7. The third-order valence-corrected chi connectivity index (χ3v) is 15.4. The number of carboxylic acids is 1. The second-order valence-electron chi connectivity index (χ2n) is 18.2. The maximum absolute atomic E-state index is 12.8. The molecule has 42 heavy (non-hydrogen) atoms. The van der Waals surface area contributed by atoms with Crippen LogP contribution in [-0.4, -0.2) is 16.2 Å². The van der Waals surface area contributed by atoms with Crippen molar-refractivity contribution < 1.29 is 15.0 Å². The molecule has 0 aromatic heterocycles. The van der Waals surface area contributed by atoms with Gasteiger partial charge >= 0.3 is 5.97 Å². The van der Waals surface area contributed by atoms with E-state index in [1.165, 1.54) is 51.4 Å². The van der Waals surface area contributed by atoms with Gasteiger partial charge in [-0.1, -0.05) is 79.2 Å². The fourth-order valence-corrected chi connectivity index (χ4v) is 12.6. The Kier molecular flexibility index (Phi) is 6.93. The second-order valence-corrected chi connectivity index (χ2v) is 18.2. The highest BCUT2D eigenvalue weighted by Gasteiger charge is 2.68. The molecule has 0 heterocycles. The van der Waals surface area contributed by atoms with E-state index in [9.17, 15) is 15.0 Å². The molecule has 6 rings (SSSR count). The van der Waals surface area contributed by atoms with Gasteiger partial charge in [0.1, 0.15) is 5.75 Å². The fourth-order valence-electron chi connectivity index (χ4n) is 12.6. The molecule has 9 atom stereocenters. The van der Waals surface area contributed by atoms with Gasteiger partial charge in [-0.05, 0) is 144 Å². The highest BCUT2D eigenvalue weighted by molar-refractivity contribution is 5.71. The largest absolute Gasteiger partial charge is 0.508 e. The fraction of sp³-hybridized carbons (Fsp3) is 0.769. The standard InChI is InChI=1S/C39H58O3/c1-34(2)19-20-36(5)21-22-38(7)29(30(36)24-34)13-14-32-37(6)17-15-28(35(3,4)31(37)16-18-39(32,38)8)27(33(41)42)23-25-9-11-26(40)12-10-25/h9-13,27-28,30-32,40H,14-24H2,1-8H3,(H,41,42)/t27?,28-,30-,31-,32+,36+,37-,38+,39+/m0/s1. The van der Waals surface area contributed by atoms with Gasteiger partial charge in [0, 0.05) is 0 Å². The van der Waals surface area contributed by atoms with Gasteiger partial charge in [0.05, 0.1) is 5.92 Å². The zero-order valence-corrected chi connectivity index (χ0v) is 27.9. The summed E-state index contributed by atoms with van der Waals surface area (Å²) in [6, 6.07) is 7.17. The molecule has 4 fully saturated rings. The van der Waals surface area contributed by atoms with Crippen LogP contribution in [0, 0.1) is 62.1 Å². The molecule has 0 radical (unpaired) electrons. The number of hydrogen-bond donors (Lipinski definition) is 2. The summed E-state index contributed by atoms with van der Waals surface area (Å²) >= 11 is 0. The summed E-state index contributed by atoms with van der Waals surface area (Å²) in [4.78, 5) is 12.8. The van der Waals surface area contributed by atoms with Crippen molar-refractivity contribution in [3.05, 3.63) is 41.5 Å². The number of allylic oxidation sites excluding steroid dienone is 2. The molecule has 0 spiro atoms. The van der Waals surface area contributed by atoms with E-state index in [1.54, 1.807) is 12.1 Å². The molecule has 1 aromatic carbocycles. The molecule has 3 nitrogen and oxygen atoms in total. The molecule has 3 heteroatoms. The Labute approximate surface area is 256 Å². The average Bonchev–Trinajstić information content (AvgIpc) is 2.90. The van der Waals surface area contributed by atoms with E-state index in [2.05, 4.69) is 61.5 Å². The van der Waals surface area contributed by atoms with Crippen molar-refractivity contribution in [3.63, 3.8) is 0 Å². The highest BCUT2D eigenvalue weighted by atomic mass is 16.4. The topological polar surface area (TPSA) is 57.5 Å². The Balaban J connectivity index is 1.32. The summed E-state index contributed by atoms with van der Waals surface area (Å²) in [6.07, 6.45) is 15.9. The van der Waals surface area contributed by atoms with Crippen LogP contribution in [0.15, 0.2) is 35.9 Å². The van der Waals surface area contributed by atoms with Crippen molar-refractivity contribution >= 4 is 5.97 Å². The van der Waals surface area contributed by atoms with E-state index in [-0.39, 0.29) is 27.9 Å². The monoisotopic (exact) mass is 574 g/mol. The Morgan fingerprint density at radius 1 is 0.857 bits per heavy atom. The minimum atomic E-state index is -0.663. The van der Waals surface area contributed by atoms with Gasteiger partial charge in [-0.25, -0.2) is 0 Å². The highest BCUT2D eigenvalue weighted by Crippen LogP contribution is 2.76. The Bertz CT molecular complexity index is 1260. The van der Waals surface area contributed by atoms with Gasteiger partial charge in [-0.15, -0.1) is 0 Å². The van der Waals surface area contributed by atoms with Crippen molar-refractivity contribution in [3.8, 4) is 5.75 Å². The molecule has 5 aliphatic carbocycles. The van der Waals surface area contributed by atoms with Crippen molar-refractivity contribution in [2.75, 3.05) is 0 Å². The van der Waals surface area contributed by atoms with Crippen LogP contribution in [0.25, 0.3) is 0 Å². The molecule has 4 saturated carbocycles. The quantitative estimate of drug-likeness (QED) is 0.352. The molecule has 1 unspecified atom stereocenters. The van der Waals surface area contributed by atoms with Crippen LogP contribution in [0.5, 0.6) is 5.75 Å². The van der Waals surface area contributed by atoms with Gasteiger partial charge in [0.15, 0.2) is 0 Å². The molecular formula is C39H58O3. The molecular weight excluding hydrogens is 516 g/mol. The van der Waals surface area contributed by atoms with Crippen molar-refractivity contribution in [1.29, 1.82) is 0 Å². The van der Waals surface area contributed by atoms with Crippen LogP contribution in [0.1, 0.15) is 125 Å². The summed E-state index contributed by atoms with van der Waals surface area (Å²) < 4.78 is 0. The molecule has 0 saturated heterocycles. The second kappa shape index (κ2) is 9.61. The number of carbonyl (C=O) groups is 1. The maximum atomic E-state index is 12.8. The Morgan fingerprint density at radius 3 is 2.19 bits per heavy atom. The first-order chi connectivity index (χ1) is 19.5. The van der Waals surface area contributed by atoms with Crippen molar-refractivity contribution in [1.82, 2.24) is 0 Å². The number of aliphatic carboxylic acids is 1. The molecule has 1 aromatic rings. The van der Waals surface area contributed by atoms with Crippen LogP contribution < -0.4 is 0 Å². The smallest absolute Gasteiger partial charge is 0.307 e. The van der Waals surface area contributed by atoms with Crippen LogP contribution in [-0.2, 0) is 11.2 Å². The van der Waals surface area contributed by atoms with E-state index < -0.39 is 11.9 Å². The average molecular weight is 575 g/mol. The number of phenolic OH excluding ortho intramolecular Hbond substituents is 1. The number of aromatic hydroxyl groups is 1. The maximum Gasteiger partial charge on any atom is 0.307 e. The summed E-state index contributed by atoms with van der Waals surface area (Å²) in [7, 11) is 0. The summed E-state index contributed by atoms with van der Waals surface area (Å²) in [5.74, 6) is 1.23. The third-order valence-electron chi connectivity index (χ3n) is 15.4. The summed E-state index contributed by atoms with van der Waals surface area (Å²) in [5.41, 5.74) is 4.50. The van der Waals surface area contributed by atoms with E-state index in [0.717, 1.165) is 24.3 Å². The summed E-state index contributed by atoms with van der Waals surface area (Å²) in [5, 5.41) is 20.3. The van der Waals surface area contributed by atoms with E-state index in [1.807, 2.05) is 17.7 Å². The molecule has 232 valence electrons. The van der Waals surface area contributed by atoms with E-state index in [4.69, 9.17) is 0 Å². The van der Waals surface area contributed by atoms with Crippen LogP contribution in [0.2, 0.25) is 0 Å². The molecule has 0 bridgehead atoms. The molecule has 5 aliphatic rings. The zero-order chi connectivity index (χ0) is 30.5. The van der Waals surface area contributed by atoms with Gasteiger partial charge in [0.2, 0.25) is 0 Å². The predicted molar refractivity (Wildman–Crippen MR) is 171 cm³/mol. The number of rotatable bonds is 4. The van der Waals surface area contributed by atoms with Gasteiger partial charge < -0.3 is 10.2 Å². The lowest BCUT2D eigenvalue weighted by atomic mass is 9.33. The van der Waals surface area contributed by atoms with Gasteiger partial charge in [-0.3, -0.25) is 4.79 Å². The van der Waals surface area contributed by atoms with Crippen LogP contribution in [0.3, 0.4) is 0 Å². The van der Waals surface area contributed by atoms with Gasteiger partial charge in [-0.2, -0.15) is 0 Å². The Morgan fingerprint density at radius 2 is 1.52 bits per heavy atom. The van der Waals surface area contributed by atoms with Crippen LogP contribution in [0.4, 0.5) is 0 Å². The molecule has 2 N–H and O–H groups in total.